The SMILES string of the molecule is CCCc1ccc2c(-c3ncnc4cc(OCCCC5COCCN5)ccc34)c(O)[nH]c2c1. The highest BCUT2D eigenvalue weighted by Gasteiger charge is 2.18. The molecular formula is C26H30N4O3. The average Bonchev–Trinajstić information content (AvgIpc) is 3.17. The highest BCUT2D eigenvalue weighted by molar-refractivity contribution is 6.05. The van der Waals surface area contributed by atoms with Gasteiger partial charge in [0.25, 0.3) is 0 Å². The van der Waals surface area contributed by atoms with Crippen molar-refractivity contribution >= 4 is 21.8 Å². The number of nitrogens with one attached hydrogen (secondary N) is 2. The topological polar surface area (TPSA) is 92.3 Å². The first kappa shape index (κ1) is 21.7. The van der Waals surface area contributed by atoms with Crippen molar-refractivity contribution in [2.45, 2.75) is 38.6 Å². The van der Waals surface area contributed by atoms with E-state index >= 15 is 0 Å². The van der Waals surface area contributed by atoms with Crippen molar-refractivity contribution in [2.24, 2.45) is 0 Å². The quantitative estimate of drug-likeness (QED) is 0.343. The van der Waals surface area contributed by atoms with E-state index in [1.165, 1.54) is 5.56 Å². The fourth-order valence-electron chi connectivity index (χ4n) is 4.57. The van der Waals surface area contributed by atoms with E-state index in [4.69, 9.17) is 9.47 Å². The Morgan fingerprint density at radius 2 is 2.06 bits per heavy atom. The van der Waals surface area contributed by atoms with Crippen molar-refractivity contribution in [3.8, 4) is 22.9 Å². The highest BCUT2D eigenvalue weighted by atomic mass is 16.5. The summed E-state index contributed by atoms with van der Waals surface area (Å²) in [6.07, 6.45) is 5.62. The number of nitrogens with zero attached hydrogens (tertiary/aromatic N) is 2. The smallest absolute Gasteiger partial charge is 0.199 e. The molecule has 4 aromatic rings. The minimum absolute atomic E-state index is 0.124. The average molecular weight is 447 g/mol. The number of aromatic amines is 1. The van der Waals surface area contributed by atoms with Crippen molar-refractivity contribution < 1.29 is 14.6 Å². The summed E-state index contributed by atoms with van der Waals surface area (Å²) < 4.78 is 11.5. The third kappa shape index (κ3) is 4.65. The predicted molar refractivity (Wildman–Crippen MR) is 130 cm³/mol. The van der Waals surface area contributed by atoms with Gasteiger partial charge in [-0.15, -0.1) is 0 Å². The summed E-state index contributed by atoms with van der Waals surface area (Å²) in [7, 11) is 0. The maximum absolute atomic E-state index is 10.7. The second-order valence-corrected chi connectivity index (χ2v) is 8.60. The van der Waals surface area contributed by atoms with Gasteiger partial charge in [-0.25, -0.2) is 9.97 Å². The molecule has 1 aliphatic heterocycles. The summed E-state index contributed by atoms with van der Waals surface area (Å²) >= 11 is 0. The number of H-pyrrole nitrogens is 1. The lowest BCUT2D eigenvalue weighted by molar-refractivity contribution is 0.0722. The predicted octanol–water partition coefficient (Wildman–Crippen LogP) is 4.58. The monoisotopic (exact) mass is 446 g/mol. The third-order valence-electron chi connectivity index (χ3n) is 6.19. The van der Waals surface area contributed by atoms with Gasteiger partial charge in [0.1, 0.15) is 12.1 Å². The van der Waals surface area contributed by atoms with Crippen LogP contribution >= 0.6 is 0 Å². The van der Waals surface area contributed by atoms with Gasteiger partial charge >= 0.3 is 0 Å². The molecule has 7 heteroatoms. The molecule has 3 N–H and O–H groups in total. The number of hydrogen-bond acceptors (Lipinski definition) is 6. The van der Waals surface area contributed by atoms with Crippen LogP contribution in [-0.4, -0.2) is 52.5 Å². The number of morpholine rings is 1. The van der Waals surface area contributed by atoms with Crippen LogP contribution in [0.25, 0.3) is 33.1 Å². The fourth-order valence-corrected chi connectivity index (χ4v) is 4.57. The van der Waals surface area contributed by atoms with E-state index in [9.17, 15) is 5.11 Å². The molecule has 1 saturated heterocycles. The second-order valence-electron chi connectivity index (χ2n) is 8.60. The number of fused-ring (bicyclic) bond motifs is 2. The molecule has 0 aliphatic carbocycles. The molecule has 1 fully saturated rings. The van der Waals surface area contributed by atoms with Gasteiger partial charge < -0.3 is 24.9 Å². The lowest BCUT2D eigenvalue weighted by atomic mass is 10.0. The molecule has 0 bridgehead atoms. The van der Waals surface area contributed by atoms with Gasteiger partial charge in [0.05, 0.1) is 36.6 Å². The molecule has 0 saturated carbocycles. The summed E-state index contributed by atoms with van der Waals surface area (Å²) in [6.45, 7) is 5.30. The molecule has 0 radical (unpaired) electrons. The van der Waals surface area contributed by atoms with Gasteiger partial charge in [0.2, 0.25) is 0 Å². The molecule has 1 unspecified atom stereocenters. The number of benzene rings is 2. The van der Waals surface area contributed by atoms with Crippen LogP contribution in [0.5, 0.6) is 11.6 Å². The third-order valence-corrected chi connectivity index (χ3v) is 6.19. The first-order valence-corrected chi connectivity index (χ1v) is 11.8. The number of aromatic nitrogens is 3. The zero-order chi connectivity index (χ0) is 22.6. The van der Waals surface area contributed by atoms with Crippen LogP contribution in [0, 0.1) is 0 Å². The van der Waals surface area contributed by atoms with Crippen LogP contribution in [0.4, 0.5) is 0 Å². The standard InChI is InChI=1S/C26H30N4O3/c1-2-4-17-6-8-20-23(13-17)30-26(31)24(20)25-21-9-7-19(14-22(21)28-16-29-25)33-11-3-5-18-15-32-12-10-27-18/h6-9,13-14,16,18,27,30-31H,2-5,10-12,15H2,1H3. The van der Waals surface area contributed by atoms with Gasteiger partial charge in [-0.2, -0.15) is 0 Å². The Hall–Kier alpha value is -3.16. The van der Waals surface area contributed by atoms with Gasteiger partial charge in [-0.05, 0) is 43.0 Å². The normalized spacial score (nSPS) is 16.5. The zero-order valence-corrected chi connectivity index (χ0v) is 18.9. The van der Waals surface area contributed by atoms with Crippen LogP contribution in [0.15, 0.2) is 42.7 Å². The van der Waals surface area contributed by atoms with E-state index in [1.54, 1.807) is 6.33 Å². The largest absolute Gasteiger partial charge is 0.494 e. The fraction of sp³-hybridized carbons (Fsp3) is 0.385. The van der Waals surface area contributed by atoms with Gasteiger partial charge in [-0.1, -0.05) is 25.5 Å². The van der Waals surface area contributed by atoms with E-state index < -0.39 is 0 Å². The van der Waals surface area contributed by atoms with Crippen LogP contribution in [0.1, 0.15) is 31.7 Å². The molecule has 2 aromatic carbocycles. The molecule has 2 aromatic heterocycles. The Kier molecular flexibility index (Phi) is 6.41. The molecule has 0 amide bonds. The summed E-state index contributed by atoms with van der Waals surface area (Å²) in [6, 6.07) is 12.6. The number of rotatable bonds is 8. The molecule has 33 heavy (non-hydrogen) atoms. The number of ether oxygens (including phenoxy) is 2. The van der Waals surface area contributed by atoms with E-state index in [2.05, 4.69) is 45.4 Å². The lowest BCUT2D eigenvalue weighted by Gasteiger charge is -2.23. The Morgan fingerprint density at radius 3 is 2.91 bits per heavy atom. The Balaban J connectivity index is 1.36. The summed E-state index contributed by atoms with van der Waals surface area (Å²) in [5.41, 5.74) is 4.37. The number of hydrogen-bond donors (Lipinski definition) is 3. The number of aryl methyl sites for hydroxylation is 1. The molecule has 5 rings (SSSR count). The zero-order valence-electron chi connectivity index (χ0n) is 18.9. The van der Waals surface area contributed by atoms with E-state index in [0.29, 0.717) is 23.9 Å². The first-order chi connectivity index (χ1) is 16.2. The van der Waals surface area contributed by atoms with Crippen LogP contribution < -0.4 is 10.1 Å². The van der Waals surface area contributed by atoms with Gasteiger partial charge in [0.15, 0.2) is 5.88 Å². The maximum Gasteiger partial charge on any atom is 0.199 e. The molecule has 172 valence electrons. The summed E-state index contributed by atoms with van der Waals surface area (Å²) in [5.74, 6) is 0.909. The molecule has 1 aliphatic rings. The molecule has 1 atom stereocenters. The van der Waals surface area contributed by atoms with E-state index in [0.717, 1.165) is 73.0 Å². The molecular weight excluding hydrogens is 416 g/mol. The highest BCUT2D eigenvalue weighted by Crippen LogP contribution is 2.39. The minimum atomic E-state index is 0.124. The van der Waals surface area contributed by atoms with Crippen molar-refractivity contribution in [3.05, 3.63) is 48.3 Å². The summed E-state index contributed by atoms with van der Waals surface area (Å²) in [4.78, 5) is 12.1. The Morgan fingerprint density at radius 1 is 1.15 bits per heavy atom. The van der Waals surface area contributed by atoms with Crippen LogP contribution in [0.2, 0.25) is 0 Å². The van der Waals surface area contributed by atoms with E-state index in [-0.39, 0.29) is 5.88 Å². The van der Waals surface area contributed by atoms with Crippen molar-refractivity contribution in [2.75, 3.05) is 26.4 Å². The second kappa shape index (κ2) is 9.77. The molecule has 7 nitrogen and oxygen atoms in total. The first-order valence-electron chi connectivity index (χ1n) is 11.8. The van der Waals surface area contributed by atoms with Crippen LogP contribution in [0.3, 0.4) is 0 Å². The Labute approximate surface area is 193 Å². The minimum Gasteiger partial charge on any atom is -0.494 e. The van der Waals surface area contributed by atoms with Crippen LogP contribution in [-0.2, 0) is 11.2 Å². The number of aromatic hydroxyl groups is 1. The summed E-state index contributed by atoms with van der Waals surface area (Å²) in [5, 5.41) is 16.0. The maximum atomic E-state index is 10.7. The van der Waals surface area contributed by atoms with Crippen molar-refractivity contribution in [1.82, 2.24) is 20.3 Å². The van der Waals surface area contributed by atoms with Gasteiger partial charge in [-0.3, -0.25) is 0 Å². The Bertz CT molecular complexity index is 1250. The molecule has 3 heterocycles. The van der Waals surface area contributed by atoms with E-state index in [1.807, 2.05) is 18.2 Å². The van der Waals surface area contributed by atoms with Crippen molar-refractivity contribution in [3.63, 3.8) is 0 Å². The van der Waals surface area contributed by atoms with Crippen molar-refractivity contribution in [1.29, 1.82) is 0 Å². The molecule has 0 spiro atoms. The lowest BCUT2D eigenvalue weighted by Crippen LogP contribution is -2.41. The van der Waals surface area contributed by atoms with Gasteiger partial charge in [0, 0.05) is 34.9 Å².